The summed E-state index contributed by atoms with van der Waals surface area (Å²) in [6.07, 6.45) is 5.14. The Hall–Kier alpha value is -0.930. The lowest BCUT2D eigenvalue weighted by Crippen LogP contribution is -2.49. The largest absolute Gasteiger partial charge is 0.375 e. The zero-order chi connectivity index (χ0) is 15.3. The minimum absolute atomic E-state index is 0.0501. The van der Waals surface area contributed by atoms with Crippen LogP contribution in [0.15, 0.2) is 24.3 Å². The van der Waals surface area contributed by atoms with Gasteiger partial charge in [-0.3, -0.25) is 0 Å². The van der Waals surface area contributed by atoms with E-state index in [1.165, 1.54) is 6.07 Å². The van der Waals surface area contributed by atoms with Crippen molar-refractivity contribution in [1.82, 2.24) is 5.32 Å². The monoisotopic (exact) mass is 293 g/mol. The molecule has 1 aliphatic heterocycles. The molecule has 2 unspecified atom stereocenters. The Kier molecular flexibility index (Phi) is 5.77. The van der Waals surface area contributed by atoms with Gasteiger partial charge in [0.05, 0.1) is 5.60 Å². The molecule has 0 aromatic heterocycles. The van der Waals surface area contributed by atoms with Gasteiger partial charge in [0, 0.05) is 18.7 Å². The van der Waals surface area contributed by atoms with E-state index in [1.54, 1.807) is 12.1 Å². The molecule has 118 valence electrons. The maximum absolute atomic E-state index is 13.2. The minimum Gasteiger partial charge on any atom is -0.375 e. The van der Waals surface area contributed by atoms with Crippen molar-refractivity contribution >= 4 is 0 Å². The highest BCUT2D eigenvalue weighted by Gasteiger charge is 2.34. The molecule has 1 aromatic carbocycles. The Labute approximate surface area is 128 Å². The summed E-state index contributed by atoms with van der Waals surface area (Å²) in [6, 6.07) is 7.75. The summed E-state index contributed by atoms with van der Waals surface area (Å²) in [7, 11) is 0. The Balaban J connectivity index is 1.89. The zero-order valence-electron chi connectivity index (χ0n) is 13.5. The van der Waals surface area contributed by atoms with E-state index in [4.69, 9.17) is 4.74 Å². The van der Waals surface area contributed by atoms with Gasteiger partial charge in [-0.1, -0.05) is 26.0 Å². The fourth-order valence-corrected chi connectivity index (χ4v) is 3.39. The molecule has 0 bridgehead atoms. The van der Waals surface area contributed by atoms with Crippen LogP contribution in [0.1, 0.15) is 52.0 Å². The molecular weight excluding hydrogens is 265 g/mol. The highest BCUT2D eigenvalue weighted by Crippen LogP contribution is 2.31. The second-order valence-corrected chi connectivity index (χ2v) is 6.33. The molecule has 1 N–H and O–H groups in total. The quantitative estimate of drug-likeness (QED) is 0.853. The predicted octanol–water partition coefficient (Wildman–Crippen LogP) is 4.08. The standard InChI is InChI=1S/C18H28FNO/c1-4-18(5-2)13-17(9-10-21-18)20-14(3)11-15-7-6-8-16(19)12-15/h6-8,12,14,17,20H,4-5,9-11,13H2,1-3H3. The van der Waals surface area contributed by atoms with Crippen LogP contribution < -0.4 is 5.32 Å². The van der Waals surface area contributed by atoms with Gasteiger partial charge in [0.2, 0.25) is 0 Å². The van der Waals surface area contributed by atoms with Crippen LogP contribution >= 0.6 is 0 Å². The number of halogens is 1. The fraction of sp³-hybridized carbons (Fsp3) is 0.667. The Morgan fingerprint density at radius 1 is 1.38 bits per heavy atom. The lowest BCUT2D eigenvalue weighted by molar-refractivity contribution is -0.0939. The lowest BCUT2D eigenvalue weighted by atomic mass is 9.85. The third kappa shape index (κ3) is 4.52. The third-order valence-electron chi connectivity index (χ3n) is 4.73. The summed E-state index contributed by atoms with van der Waals surface area (Å²) in [5.74, 6) is -0.151. The van der Waals surface area contributed by atoms with Gasteiger partial charge < -0.3 is 10.1 Å². The number of benzene rings is 1. The van der Waals surface area contributed by atoms with Crippen LogP contribution in [0.2, 0.25) is 0 Å². The average molecular weight is 293 g/mol. The van der Waals surface area contributed by atoms with E-state index in [0.717, 1.165) is 44.3 Å². The first kappa shape index (κ1) is 16.4. The van der Waals surface area contributed by atoms with Crippen LogP contribution in [0.3, 0.4) is 0 Å². The number of hydrogen-bond acceptors (Lipinski definition) is 2. The van der Waals surface area contributed by atoms with E-state index in [9.17, 15) is 4.39 Å². The van der Waals surface area contributed by atoms with E-state index >= 15 is 0 Å². The summed E-state index contributed by atoms with van der Waals surface area (Å²) in [4.78, 5) is 0. The first-order chi connectivity index (χ1) is 10.1. The first-order valence-electron chi connectivity index (χ1n) is 8.21. The number of nitrogens with one attached hydrogen (secondary N) is 1. The Bertz CT molecular complexity index is 445. The summed E-state index contributed by atoms with van der Waals surface area (Å²) >= 11 is 0. The molecular formula is C18H28FNO. The van der Waals surface area contributed by atoms with Crippen molar-refractivity contribution in [2.45, 2.75) is 70.6 Å². The van der Waals surface area contributed by atoms with Crippen molar-refractivity contribution in [3.63, 3.8) is 0 Å². The summed E-state index contributed by atoms with van der Waals surface area (Å²) in [5, 5.41) is 3.71. The molecule has 2 nitrogen and oxygen atoms in total. The van der Waals surface area contributed by atoms with E-state index in [1.807, 2.05) is 6.07 Å². The molecule has 1 aliphatic rings. The van der Waals surface area contributed by atoms with E-state index in [0.29, 0.717) is 12.1 Å². The maximum Gasteiger partial charge on any atom is 0.123 e. The minimum atomic E-state index is -0.151. The molecule has 1 fully saturated rings. The molecule has 0 aliphatic carbocycles. The van der Waals surface area contributed by atoms with Crippen LogP contribution in [0.4, 0.5) is 4.39 Å². The van der Waals surface area contributed by atoms with E-state index in [2.05, 4.69) is 26.1 Å². The lowest BCUT2D eigenvalue weighted by Gasteiger charge is -2.41. The van der Waals surface area contributed by atoms with Crippen LogP contribution in [-0.2, 0) is 11.2 Å². The van der Waals surface area contributed by atoms with Crippen molar-refractivity contribution in [2.24, 2.45) is 0 Å². The second-order valence-electron chi connectivity index (χ2n) is 6.33. The predicted molar refractivity (Wildman–Crippen MR) is 85.0 cm³/mol. The van der Waals surface area contributed by atoms with Gasteiger partial charge in [-0.25, -0.2) is 4.39 Å². The Morgan fingerprint density at radius 3 is 2.81 bits per heavy atom. The van der Waals surface area contributed by atoms with Gasteiger partial charge in [0.1, 0.15) is 5.82 Å². The molecule has 0 radical (unpaired) electrons. The second kappa shape index (κ2) is 7.37. The molecule has 0 spiro atoms. The molecule has 0 saturated carbocycles. The summed E-state index contributed by atoms with van der Waals surface area (Å²) in [6.45, 7) is 7.44. The normalized spacial score (nSPS) is 23.0. The van der Waals surface area contributed by atoms with Crippen molar-refractivity contribution in [3.8, 4) is 0 Å². The smallest absolute Gasteiger partial charge is 0.123 e. The first-order valence-corrected chi connectivity index (χ1v) is 8.21. The van der Waals surface area contributed by atoms with E-state index < -0.39 is 0 Å². The average Bonchev–Trinajstić information content (AvgIpc) is 2.47. The van der Waals surface area contributed by atoms with Crippen LogP contribution in [0.5, 0.6) is 0 Å². The molecule has 2 rings (SSSR count). The molecule has 1 aromatic rings. The maximum atomic E-state index is 13.2. The topological polar surface area (TPSA) is 21.3 Å². The van der Waals surface area contributed by atoms with Crippen molar-refractivity contribution in [2.75, 3.05) is 6.61 Å². The van der Waals surface area contributed by atoms with Gasteiger partial charge >= 0.3 is 0 Å². The van der Waals surface area contributed by atoms with Crippen LogP contribution in [0.25, 0.3) is 0 Å². The molecule has 2 atom stereocenters. The molecule has 3 heteroatoms. The van der Waals surface area contributed by atoms with Gasteiger partial charge in [-0.15, -0.1) is 0 Å². The third-order valence-corrected chi connectivity index (χ3v) is 4.73. The number of hydrogen-bond donors (Lipinski definition) is 1. The molecule has 21 heavy (non-hydrogen) atoms. The fourth-order valence-electron chi connectivity index (χ4n) is 3.39. The summed E-state index contributed by atoms with van der Waals surface area (Å²) in [5.41, 5.74) is 1.11. The SMILES string of the molecule is CCC1(CC)CC(NC(C)Cc2cccc(F)c2)CCO1. The number of rotatable bonds is 6. The van der Waals surface area contributed by atoms with Crippen molar-refractivity contribution < 1.29 is 9.13 Å². The van der Waals surface area contributed by atoms with Crippen LogP contribution in [0, 0.1) is 5.82 Å². The van der Waals surface area contributed by atoms with Gasteiger partial charge in [0.15, 0.2) is 0 Å². The van der Waals surface area contributed by atoms with Crippen LogP contribution in [-0.4, -0.2) is 24.3 Å². The highest BCUT2D eigenvalue weighted by molar-refractivity contribution is 5.17. The number of ether oxygens (including phenoxy) is 1. The Morgan fingerprint density at radius 2 is 2.14 bits per heavy atom. The molecule has 1 saturated heterocycles. The van der Waals surface area contributed by atoms with Crippen molar-refractivity contribution in [1.29, 1.82) is 0 Å². The molecule has 1 heterocycles. The summed E-state index contributed by atoms with van der Waals surface area (Å²) < 4.78 is 19.3. The highest BCUT2D eigenvalue weighted by atomic mass is 19.1. The van der Waals surface area contributed by atoms with Gasteiger partial charge in [-0.05, 0) is 56.7 Å². The van der Waals surface area contributed by atoms with Gasteiger partial charge in [-0.2, -0.15) is 0 Å². The van der Waals surface area contributed by atoms with E-state index in [-0.39, 0.29) is 11.4 Å². The van der Waals surface area contributed by atoms with Crippen molar-refractivity contribution in [3.05, 3.63) is 35.6 Å². The van der Waals surface area contributed by atoms with Gasteiger partial charge in [0.25, 0.3) is 0 Å². The molecule has 0 amide bonds. The zero-order valence-corrected chi connectivity index (χ0v) is 13.5.